The number of hydrogen-bond acceptors (Lipinski definition) is 5. The van der Waals surface area contributed by atoms with Crippen LogP contribution in [0.15, 0.2) is 48.5 Å². The van der Waals surface area contributed by atoms with Gasteiger partial charge in [-0.05, 0) is 48.4 Å². The summed E-state index contributed by atoms with van der Waals surface area (Å²) >= 11 is 0. The van der Waals surface area contributed by atoms with Crippen LogP contribution in [0, 0.1) is 5.82 Å². The molecule has 154 valence electrons. The Kier molecular flexibility index (Phi) is 7.02. The summed E-state index contributed by atoms with van der Waals surface area (Å²) < 4.78 is 23.9. The lowest BCUT2D eigenvalue weighted by Crippen LogP contribution is -2.35. The van der Waals surface area contributed by atoms with Gasteiger partial charge in [0.05, 0.1) is 12.7 Å². The summed E-state index contributed by atoms with van der Waals surface area (Å²) in [5.74, 6) is -0.498. The number of benzene rings is 2. The Morgan fingerprint density at radius 2 is 1.86 bits per heavy atom. The Bertz CT molecular complexity index is 826. The number of carbonyl (C=O) groups excluding carboxylic acids is 2. The van der Waals surface area contributed by atoms with Crippen molar-refractivity contribution in [2.75, 3.05) is 26.2 Å². The zero-order valence-electron chi connectivity index (χ0n) is 15.8. The first-order chi connectivity index (χ1) is 14.0. The van der Waals surface area contributed by atoms with Crippen molar-refractivity contribution in [2.24, 2.45) is 0 Å². The van der Waals surface area contributed by atoms with Crippen molar-refractivity contribution in [3.05, 3.63) is 65.5 Å². The second-order valence-corrected chi connectivity index (χ2v) is 6.71. The number of phenols is 1. The molecule has 29 heavy (non-hydrogen) atoms. The van der Waals surface area contributed by atoms with Gasteiger partial charge in [0.15, 0.2) is 0 Å². The molecule has 0 aliphatic carbocycles. The number of halogens is 1. The van der Waals surface area contributed by atoms with Crippen molar-refractivity contribution in [1.29, 1.82) is 0 Å². The van der Waals surface area contributed by atoms with Crippen LogP contribution in [0.4, 0.5) is 9.18 Å². The molecule has 2 aromatic rings. The molecule has 1 fully saturated rings. The molecule has 1 aliphatic heterocycles. The van der Waals surface area contributed by atoms with Gasteiger partial charge >= 0.3 is 6.09 Å². The molecule has 0 aromatic heterocycles. The highest BCUT2D eigenvalue weighted by Gasteiger charge is 2.22. The minimum atomic E-state index is -0.452. The second-order valence-electron chi connectivity index (χ2n) is 6.71. The molecule has 0 spiro atoms. The average Bonchev–Trinajstić information content (AvgIpc) is 2.98. The third-order valence-corrected chi connectivity index (χ3v) is 4.59. The van der Waals surface area contributed by atoms with E-state index in [1.165, 1.54) is 36.4 Å². The van der Waals surface area contributed by atoms with E-state index in [0.29, 0.717) is 43.8 Å². The minimum absolute atomic E-state index is 0.0720. The largest absolute Gasteiger partial charge is 0.508 e. The van der Waals surface area contributed by atoms with E-state index in [1.807, 2.05) is 0 Å². The minimum Gasteiger partial charge on any atom is -0.508 e. The van der Waals surface area contributed by atoms with Crippen molar-refractivity contribution in [3.8, 4) is 5.75 Å². The van der Waals surface area contributed by atoms with Crippen LogP contribution in [0.3, 0.4) is 0 Å². The van der Waals surface area contributed by atoms with E-state index < -0.39 is 6.09 Å². The lowest BCUT2D eigenvalue weighted by molar-refractivity contribution is 0.0569. The topological polar surface area (TPSA) is 88.1 Å². The van der Waals surface area contributed by atoms with Gasteiger partial charge in [-0.25, -0.2) is 9.18 Å². The Labute approximate surface area is 168 Å². The molecule has 2 amide bonds. The fourth-order valence-electron chi connectivity index (χ4n) is 2.91. The molecule has 1 saturated heterocycles. The summed E-state index contributed by atoms with van der Waals surface area (Å²) in [4.78, 5) is 26.0. The first-order valence-corrected chi connectivity index (χ1v) is 9.36. The molecular weight excluding hydrogens is 379 g/mol. The van der Waals surface area contributed by atoms with E-state index in [1.54, 1.807) is 17.0 Å². The van der Waals surface area contributed by atoms with Crippen molar-refractivity contribution < 1.29 is 28.6 Å². The van der Waals surface area contributed by atoms with Gasteiger partial charge in [-0.15, -0.1) is 0 Å². The molecule has 0 bridgehead atoms. The number of carbonyl (C=O) groups is 2. The van der Waals surface area contributed by atoms with E-state index in [4.69, 9.17) is 9.47 Å². The lowest BCUT2D eigenvalue weighted by atomic mass is 10.2. The molecule has 0 unspecified atom stereocenters. The molecule has 0 radical (unpaired) electrons. The van der Waals surface area contributed by atoms with Gasteiger partial charge in [0.2, 0.25) is 0 Å². The number of aromatic hydroxyl groups is 1. The van der Waals surface area contributed by atoms with Crippen molar-refractivity contribution in [1.82, 2.24) is 10.2 Å². The number of nitrogens with zero attached hydrogens (tertiary/aromatic N) is 1. The summed E-state index contributed by atoms with van der Waals surface area (Å²) in [6.45, 7) is 1.57. The summed E-state index contributed by atoms with van der Waals surface area (Å²) in [6.07, 6.45) is -0.112. The summed E-state index contributed by atoms with van der Waals surface area (Å²) in [5.41, 5.74) is 1.16. The summed E-state index contributed by atoms with van der Waals surface area (Å²) in [7, 11) is 0. The Morgan fingerprint density at radius 3 is 2.59 bits per heavy atom. The Hall–Kier alpha value is -3.13. The number of phenolic OH excluding ortho intramolecular Hbond substituents is 1. The SMILES string of the molecule is O=C(NC[C@H]1CCN(C(=O)OCc2ccc(F)cc2)CCO1)c1ccc(O)cc1. The zero-order chi connectivity index (χ0) is 20.6. The number of rotatable bonds is 5. The molecule has 2 aromatic carbocycles. The first-order valence-electron chi connectivity index (χ1n) is 9.36. The lowest BCUT2D eigenvalue weighted by Gasteiger charge is -2.19. The van der Waals surface area contributed by atoms with E-state index in [0.717, 1.165) is 0 Å². The maximum atomic E-state index is 12.9. The third-order valence-electron chi connectivity index (χ3n) is 4.59. The van der Waals surface area contributed by atoms with Crippen LogP contribution in [0.5, 0.6) is 5.75 Å². The molecular formula is C21H23FN2O5. The highest BCUT2D eigenvalue weighted by atomic mass is 19.1. The molecule has 1 aliphatic rings. The first kappa shape index (κ1) is 20.6. The fraction of sp³-hybridized carbons (Fsp3) is 0.333. The van der Waals surface area contributed by atoms with Crippen LogP contribution in [0.2, 0.25) is 0 Å². The van der Waals surface area contributed by atoms with E-state index >= 15 is 0 Å². The summed E-state index contributed by atoms with van der Waals surface area (Å²) in [6, 6.07) is 11.8. The van der Waals surface area contributed by atoms with Gasteiger partial charge in [-0.3, -0.25) is 4.79 Å². The average molecular weight is 402 g/mol. The number of ether oxygens (including phenoxy) is 2. The predicted octanol–water partition coefficient (Wildman–Crippen LogP) is 2.69. The summed E-state index contributed by atoms with van der Waals surface area (Å²) in [5, 5.41) is 12.1. The molecule has 8 heteroatoms. The quantitative estimate of drug-likeness (QED) is 0.803. The van der Waals surface area contributed by atoms with Gasteiger partial charge in [-0.1, -0.05) is 12.1 Å². The van der Waals surface area contributed by atoms with E-state index in [9.17, 15) is 19.1 Å². The predicted molar refractivity (Wildman–Crippen MR) is 103 cm³/mol. The second kappa shape index (κ2) is 9.88. The van der Waals surface area contributed by atoms with Crippen LogP contribution in [-0.4, -0.2) is 54.4 Å². The van der Waals surface area contributed by atoms with Crippen LogP contribution in [0.25, 0.3) is 0 Å². The van der Waals surface area contributed by atoms with Crippen LogP contribution in [0.1, 0.15) is 22.3 Å². The van der Waals surface area contributed by atoms with Crippen LogP contribution >= 0.6 is 0 Å². The van der Waals surface area contributed by atoms with Crippen molar-refractivity contribution in [2.45, 2.75) is 19.1 Å². The smallest absolute Gasteiger partial charge is 0.410 e. The number of amides is 2. The van der Waals surface area contributed by atoms with Gasteiger partial charge in [0.1, 0.15) is 18.2 Å². The third kappa shape index (κ3) is 6.18. The van der Waals surface area contributed by atoms with Gasteiger partial charge in [0, 0.05) is 25.2 Å². The normalized spacial score (nSPS) is 16.7. The Morgan fingerprint density at radius 1 is 1.14 bits per heavy atom. The van der Waals surface area contributed by atoms with Crippen LogP contribution in [-0.2, 0) is 16.1 Å². The van der Waals surface area contributed by atoms with Crippen molar-refractivity contribution in [3.63, 3.8) is 0 Å². The monoisotopic (exact) mass is 402 g/mol. The highest BCUT2D eigenvalue weighted by Crippen LogP contribution is 2.12. The highest BCUT2D eigenvalue weighted by molar-refractivity contribution is 5.94. The van der Waals surface area contributed by atoms with E-state index in [2.05, 4.69) is 5.32 Å². The van der Waals surface area contributed by atoms with E-state index in [-0.39, 0.29) is 30.2 Å². The maximum Gasteiger partial charge on any atom is 0.410 e. The molecule has 2 N–H and O–H groups in total. The van der Waals surface area contributed by atoms with Gasteiger partial charge < -0.3 is 24.8 Å². The maximum absolute atomic E-state index is 12.9. The molecule has 1 heterocycles. The van der Waals surface area contributed by atoms with Crippen molar-refractivity contribution >= 4 is 12.0 Å². The molecule has 1 atom stereocenters. The number of nitrogens with one attached hydrogen (secondary N) is 1. The zero-order valence-corrected chi connectivity index (χ0v) is 15.8. The fourth-order valence-corrected chi connectivity index (χ4v) is 2.91. The van der Waals surface area contributed by atoms with Crippen LogP contribution < -0.4 is 5.32 Å². The molecule has 3 rings (SSSR count). The number of hydrogen-bond donors (Lipinski definition) is 2. The Balaban J connectivity index is 1.42. The van der Waals surface area contributed by atoms with Gasteiger partial charge in [-0.2, -0.15) is 0 Å². The molecule has 0 saturated carbocycles. The van der Waals surface area contributed by atoms with Gasteiger partial charge in [0.25, 0.3) is 5.91 Å². The molecule has 7 nitrogen and oxygen atoms in total. The standard InChI is InChI=1S/C21H23FN2O5/c22-17-5-1-15(2-6-17)14-29-21(27)24-10-9-19(28-12-11-24)13-23-20(26)16-3-7-18(25)8-4-16/h1-8,19,25H,9-14H2,(H,23,26)/t19-/m1/s1.